The number of benzene rings is 2. The van der Waals surface area contributed by atoms with Gasteiger partial charge in [0.15, 0.2) is 0 Å². The molecular formula is C25H20N2O4S2. The molecule has 2 heterocycles. The average molecular weight is 477 g/mol. The van der Waals surface area contributed by atoms with E-state index in [0.717, 1.165) is 21.2 Å². The van der Waals surface area contributed by atoms with Crippen LogP contribution in [0.5, 0.6) is 0 Å². The minimum Gasteiger partial charge on any atom is -0.465 e. The molecule has 2 aromatic carbocycles. The highest BCUT2D eigenvalue weighted by molar-refractivity contribution is 7.91. The first-order valence-corrected chi connectivity index (χ1v) is 12.3. The Kier molecular flexibility index (Phi) is 6.63. The first kappa shape index (κ1) is 22.4. The van der Waals surface area contributed by atoms with Crippen LogP contribution in [-0.2, 0) is 21.3 Å². The van der Waals surface area contributed by atoms with Gasteiger partial charge in [-0.1, -0.05) is 42.5 Å². The van der Waals surface area contributed by atoms with Crippen LogP contribution in [0, 0.1) is 12.0 Å². The van der Waals surface area contributed by atoms with E-state index in [4.69, 9.17) is 4.74 Å². The topological polar surface area (TPSA) is 68.6 Å². The molecular weight excluding hydrogens is 456 g/mol. The van der Waals surface area contributed by atoms with Gasteiger partial charge in [0.1, 0.15) is 4.21 Å². The Labute approximate surface area is 196 Å². The summed E-state index contributed by atoms with van der Waals surface area (Å²) >= 11 is 1.14. The van der Waals surface area contributed by atoms with Crippen LogP contribution in [0.2, 0.25) is 0 Å². The van der Waals surface area contributed by atoms with Crippen molar-refractivity contribution in [2.24, 2.45) is 0 Å². The number of para-hydroxylation sites is 1. The molecule has 166 valence electrons. The zero-order valence-electron chi connectivity index (χ0n) is 17.7. The number of carbonyl (C=O) groups is 1. The molecule has 4 rings (SSSR count). The molecule has 0 aliphatic rings. The van der Waals surface area contributed by atoms with Gasteiger partial charge in [-0.05, 0) is 47.2 Å². The lowest BCUT2D eigenvalue weighted by molar-refractivity contribution is 0.0600. The maximum Gasteiger partial charge on any atom is 0.340 e. The SMILES string of the molecule is COC(=O)c1cccc(C#CN(Cc2ccccc2)S(=O)(=O)c2cccs2)c1-n1cccc1. The number of esters is 1. The van der Waals surface area contributed by atoms with Gasteiger partial charge in [-0.15, -0.1) is 11.3 Å². The number of sulfonamides is 1. The molecule has 0 saturated carbocycles. The van der Waals surface area contributed by atoms with Crippen LogP contribution in [0.15, 0.2) is 94.8 Å². The first-order valence-electron chi connectivity index (χ1n) is 9.97. The van der Waals surface area contributed by atoms with Crippen LogP contribution in [-0.4, -0.2) is 30.4 Å². The smallest absolute Gasteiger partial charge is 0.340 e. The Balaban J connectivity index is 1.83. The highest BCUT2D eigenvalue weighted by atomic mass is 32.2. The van der Waals surface area contributed by atoms with Crippen LogP contribution in [0.1, 0.15) is 21.5 Å². The lowest BCUT2D eigenvalue weighted by atomic mass is 10.1. The van der Waals surface area contributed by atoms with E-state index >= 15 is 0 Å². The van der Waals surface area contributed by atoms with Crippen molar-refractivity contribution < 1.29 is 17.9 Å². The Morgan fingerprint density at radius 3 is 2.42 bits per heavy atom. The van der Waals surface area contributed by atoms with Gasteiger partial charge in [-0.3, -0.25) is 0 Å². The number of thiophene rings is 1. The van der Waals surface area contributed by atoms with Crippen molar-refractivity contribution in [3.05, 3.63) is 107 Å². The Hall–Kier alpha value is -3.80. The second-order valence-corrected chi connectivity index (χ2v) is 9.99. The average Bonchev–Trinajstić information content (AvgIpc) is 3.56. The van der Waals surface area contributed by atoms with Gasteiger partial charge >= 0.3 is 5.97 Å². The van der Waals surface area contributed by atoms with Crippen LogP contribution in [0.4, 0.5) is 0 Å². The summed E-state index contributed by atoms with van der Waals surface area (Å²) in [5.74, 6) is 2.48. The highest BCUT2D eigenvalue weighted by Gasteiger charge is 2.24. The number of ether oxygens (including phenoxy) is 1. The fourth-order valence-electron chi connectivity index (χ4n) is 3.26. The molecule has 0 atom stereocenters. The second kappa shape index (κ2) is 9.77. The molecule has 0 saturated heterocycles. The normalized spacial score (nSPS) is 10.8. The predicted molar refractivity (Wildman–Crippen MR) is 127 cm³/mol. The number of hydrogen-bond donors (Lipinski definition) is 0. The summed E-state index contributed by atoms with van der Waals surface area (Å²) in [4.78, 5) is 12.4. The minimum absolute atomic E-state index is 0.0869. The third-order valence-corrected chi connectivity index (χ3v) is 7.86. The standard InChI is InChI=1S/C25H20N2O4S2/c1-31-25(28)22-12-7-11-21(24(22)26-15-5-6-16-26)14-17-27(19-20-9-3-2-4-10-20)33(29,30)23-13-8-18-32-23/h2-13,15-16,18H,19H2,1H3. The largest absolute Gasteiger partial charge is 0.465 e. The monoisotopic (exact) mass is 476 g/mol. The van der Waals surface area contributed by atoms with Crippen LogP contribution in [0.25, 0.3) is 5.69 Å². The number of aromatic nitrogens is 1. The highest BCUT2D eigenvalue weighted by Crippen LogP contribution is 2.24. The molecule has 33 heavy (non-hydrogen) atoms. The van der Waals surface area contributed by atoms with Crippen molar-refractivity contribution >= 4 is 27.3 Å². The van der Waals surface area contributed by atoms with E-state index < -0.39 is 16.0 Å². The maximum absolute atomic E-state index is 13.3. The molecule has 0 aliphatic carbocycles. The number of nitrogens with zero attached hydrogens (tertiary/aromatic N) is 2. The van der Waals surface area contributed by atoms with Gasteiger partial charge < -0.3 is 9.30 Å². The molecule has 0 unspecified atom stereocenters. The van der Waals surface area contributed by atoms with Crippen molar-refractivity contribution in [1.82, 2.24) is 8.87 Å². The zero-order chi connectivity index (χ0) is 23.3. The third kappa shape index (κ3) is 4.85. The number of methoxy groups -OCH3 is 1. The molecule has 2 aromatic heterocycles. The Morgan fingerprint density at radius 1 is 1.00 bits per heavy atom. The Bertz CT molecular complexity index is 1400. The van der Waals surface area contributed by atoms with Crippen molar-refractivity contribution in [3.63, 3.8) is 0 Å². The second-order valence-electron chi connectivity index (χ2n) is 6.95. The van der Waals surface area contributed by atoms with Gasteiger partial charge in [0.25, 0.3) is 10.0 Å². The summed E-state index contributed by atoms with van der Waals surface area (Å²) in [5, 5.41) is 1.71. The molecule has 0 N–H and O–H groups in total. The summed E-state index contributed by atoms with van der Waals surface area (Å²) in [6.07, 6.45) is 3.58. The quantitative estimate of drug-likeness (QED) is 0.233. The number of hydrogen-bond acceptors (Lipinski definition) is 5. The van der Waals surface area contributed by atoms with E-state index in [1.165, 1.54) is 7.11 Å². The molecule has 0 amide bonds. The summed E-state index contributed by atoms with van der Waals surface area (Å²) in [6.45, 7) is 0.0869. The van der Waals surface area contributed by atoms with Crippen molar-refractivity contribution in [3.8, 4) is 17.7 Å². The molecule has 6 nitrogen and oxygen atoms in total. The van der Waals surface area contributed by atoms with E-state index in [2.05, 4.69) is 12.0 Å². The van der Waals surface area contributed by atoms with Gasteiger partial charge in [0.2, 0.25) is 0 Å². The molecule has 8 heteroatoms. The minimum atomic E-state index is -3.84. The van der Waals surface area contributed by atoms with Crippen LogP contribution in [0.3, 0.4) is 0 Å². The summed E-state index contributed by atoms with van der Waals surface area (Å²) in [5.41, 5.74) is 2.15. The fourth-order valence-corrected chi connectivity index (χ4v) is 5.58. The first-order chi connectivity index (χ1) is 16.0. The zero-order valence-corrected chi connectivity index (χ0v) is 19.3. The van der Waals surface area contributed by atoms with Gasteiger partial charge in [-0.25, -0.2) is 9.10 Å². The van der Waals surface area contributed by atoms with Crippen molar-refractivity contribution in [2.75, 3.05) is 7.11 Å². The van der Waals surface area contributed by atoms with Gasteiger partial charge in [-0.2, -0.15) is 8.42 Å². The maximum atomic E-state index is 13.3. The van der Waals surface area contributed by atoms with E-state index in [9.17, 15) is 13.2 Å². The van der Waals surface area contributed by atoms with E-state index in [1.807, 2.05) is 42.5 Å². The van der Waals surface area contributed by atoms with E-state index in [0.29, 0.717) is 16.8 Å². The molecule has 0 bridgehead atoms. The van der Waals surface area contributed by atoms with E-state index in [1.54, 1.807) is 52.7 Å². The summed E-state index contributed by atoms with van der Waals surface area (Å²) in [7, 11) is -2.53. The van der Waals surface area contributed by atoms with Crippen molar-refractivity contribution in [2.45, 2.75) is 10.8 Å². The van der Waals surface area contributed by atoms with Crippen LogP contribution < -0.4 is 0 Å². The lowest BCUT2D eigenvalue weighted by Gasteiger charge is -2.17. The van der Waals surface area contributed by atoms with E-state index in [-0.39, 0.29) is 10.8 Å². The van der Waals surface area contributed by atoms with Gasteiger partial charge in [0.05, 0.1) is 30.5 Å². The number of carbonyl (C=O) groups excluding carboxylic acids is 1. The Morgan fingerprint density at radius 2 is 1.76 bits per heavy atom. The molecule has 0 fully saturated rings. The summed E-state index contributed by atoms with van der Waals surface area (Å²) in [6, 6.07) is 24.1. The fraction of sp³-hybridized carbons (Fsp3) is 0.0800. The molecule has 4 aromatic rings. The summed E-state index contributed by atoms with van der Waals surface area (Å²) < 4.78 is 34.7. The lowest BCUT2D eigenvalue weighted by Crippen LogP contribution is -2.25. The molecule has 0 radical (unpaired) electrons. The third-order valence-electron chi connectivity index (χ3n) is 4.83. The number of rotatable bonds is 6. The van der Waals surface area contributed by atoms with Crippen molar-refractivity contribution in [1.29, 1.82) is 0 Å². The predicted octanol–water partition coefficient (Wildman–Crippen LogP) is 4.53. The molecule has 0 spiro atoms. The molecule has 0 aliphatic heterocycles. The van der Waals surface area contributed by atoms with Crippen LogP contribution >= 0.6 is 11.3 Å². The van der Waals surface area contributed by atoms with Gasteiger partial charge in [0, 0.05) is 18.4 Å².